The molecular formula is C22H16ClF3N2O4. The molecule has 32 heavy (non-hydrogen) atoms. The summed E-state index contributed by atoms with van der Waals surface area (Å²) < 4.78 is 39.1. The molecule has 0 aliphatic rings. The maximum absolute atomic E-state index is 13.0. The van der Waals surface area contributed by atoms with Gasteiger partial charge >= 0.3 is 12.1 Å². The quantitative estimate of drug-likeness (QED) is 0.439. The van der Waals surface area contributed by atoms with E-state index in [4.69, 9.17) is 21.5 Å². The molecule has 166 valence electrons. The Morgan fingerprint density at radius 3 is 2.03 bits per heavy atom. The minimum absolute atomic E-state index is 0.0198. The molecule has 0 saturated carbocycles. The van der Waals surface area contributed by atoms with E-state index in [1.807, 2.05) is 6.79 Å². The predicted octanol–water partition coefficient (Wildman–Crippen LogP) is 5.87. The zero-order valence-electron chi connectivity index (χ0n) is 16.2. The molecule has 3 rings (SSSR count). The number of carbonyl (C=O) groups is 3. The molecule has 6 nitrogen and oxygen atoms in total. The van der Waals surface area contributed by atoms with Crippen molar-refractivity contribution in [2.24, 2.45) is 0 Å². The van der Waals surface area contributed by atoms with Gasteiger partial charge in [-0.3, -0.25) is 4.79 Å². The summed E-state index contributed by atoms with van der Waals surface area (Å²) in [5, 5.41) is 14.0. The van der Waals surface area contributed by atoms with Crippen LogP contribution in [0.5, 0.6) is 0 Å². The van der Waals surface area contributed by atoms with Crippen LogP contribution in [-0.2, 0) is 11.0 Å². The van der Waals surface area contributed by atoms with Gasteiger partial charge in [-0.05, 0) is 54.6 Å². The topological polar surface area (TPSA) is 95.5 Å². The van der Waals surface area contributed by atoms with Gasteiger partial charge in [-0.15, -0.1) is 0 Å². The van der Waals surface area contributed by atoms with Gasteiger partial charge in [-0.2, -0.15) is 13.2 Å². The van der Waals surface area contributed by atoms with E-state index in [0.29, 0.717) is 11.4 Å². The highest BCUT2D eigenvalue weighted by atomic mass is 35.5. The molecule has 0 bridgehead atoms. The molecular weight excluding hydrogens is 449 g/mol. The van der Waals surface area contributed by atoms with Crippen LogP contribution in [0.25, 0.3) is 0 Å². The fourth-order valence-corrected chi connectivity index (χ4v) is 2.88. The average molecular weight is 465 g/mol. The third-order valence-electron chi connectivity index (χ3n) is 4.05. The number of benzene rings is 3. The van der Waals surface area contributed by atoms with Crippen LogP contribution in [0, 0.1) is 0 Å². The summed E-state index contributed by atoms with van der Waals surface area (Å²) in [6, 6.07) is 15.3. The Morgan fingerprint density at radius 2 is 1.41 bits per heavy atom. The molecule has 0 saturated heterocycles. The minimum atomic E-state index is -4.60. The second-order valence-electron chi connectivity index (χ2n) is 6.24. The van der Waals surface area contributed by atoms with E-state index in [1.54, 1.807) is 18.2 Å². The lowest BCUT2D eigenvalue weighted by Crippen LogP contribution is -2.12. The van der Waals surface area contributed by atoms with Crippen molar-refractivity contribution in [2.45, 2.75) is 6.18 Å². The number of halogens is 4. The Kier molecular flexibility index (Phi) is 7.97. The van der Waals surface area contributed by atoms with Crippen molar-refractivity contribution < 1.29 is 32.7 Å². The van der Waals surface area contributed by atoms with Crippen LogP contribution < -0.4 is 10.6 Å². The highest BCUT2D eigenvalue weighted by Gasteiger charge is 2.33. The fourth-order valence-electron chi connectivity index (χ4n) is 2.66. The molecule has 0 aliphatic carbocycles. The lowest BCUT2D eigenvalue weighted by Gasteiger charge is -2.13. The molecule has 0 atom stereocenters. The largest absolute Gasteiger partial charge is 0.478 e. The number of alkyl halides is 3. The maximum atomic E-state index is 13.0. The number of nitrogens with one attached hydrogen (secondary N) is 2. The van der Waals surface area contributed by atoms with Crippen LogP contribution in [0.3, 0.4) is 0 Å². The van der Waals surface area contributed by atoms with Crippen LogP contribution in [0.1, 0.15) is 26.3 Å². The molecule has 3 aromatic carbocycles. The number of aromatic carboxylic acids is 1. The van der Waals surface area contributed by atoms with Crippen molar-refractivity contribution >= 4 is 47.3 Å². The third kappa shape index (κ3) is 6.32. The van der Waals surface area contributed by atoms with Crippen LogP contribution in [0.15, 0.2) is 66.7 Å². The first-order valence-corrected chi connectivity index (χ1v) is 9.19. The van der Waals surface area contributed by atoms with Crippen LogP contribution in [0.4, 0.5) is 30.2 Å². The Hall–Kier alpha value is -3.85. The van der Waals surface area contributed by atoms with Gasteiger partial charge in [0.2, 0.25) is 0 Å². The Labute approximate surface area is 185 Å². The first kappa shape index (κ1) is 24.4. The van der Waals surface area contributed by atoms with Crippen molar-refractivity contribution in [3.05, 3.63) is 88.4 Å². The molecule has 0 unspecified atom stereocenters. The van der Waals surface area contributed by atoms with Crippen molar-refractivity contribution in [3.8, 4) is 0 Å². The smallest absolute Gasteiger partial charge is 0.417 e. The summed E-state index contributed by atoms with van der Waals surface area (Å²) >= 11 is 5.62. The van der Waals surface area contributed by atoms with Crippen LogP contribution in [-0.4, -0.2) is 23.8 Å². The number of hydrogen-bond acceptors (Lipinski definition) is 4. The molecule has 1 amide bonds. The predicted molar refractivity (Wildman–Crippen MR) is 115 cm³/mol. The van der Waals surface area contributed by atoms with E-state index >= 15 is 0 Å². The highest BCUT2D eigenvalue weighted by molar-refractivity contribution is 6.31. The van der Waals surface area contributed by atoms with Gasteiger partial charge in [0, 0.05) is 22.6 Å². The third-order valence-corrected chi connectivity index (χ3v) is 4.38. The molecule has 0 radical (unpaired) electrons. The number of anilines is 3. The van der Waals surface area contributed by atoms with Crippen LogP contribution in [0.2, 0.25) is 5.02 Å². The zero-order chi connectivity index (χ0) is 23.9. The van der Waals surface area contributed by atoms with E-state index in [1.165, 1.54) is 36.4 Å². The van der Waals surface area contributed by atoms with Crippen LogP contribution >= 0.6 is 11.6 Å². The number of carboxylic acids is 1. The molecule has 0 fully saturated rings. The van der Waals surface area contributed by atoms with Crippen molar-refractivity contribution in [3.63, 3.8) is 0 Å². The summed E-state index contributed by atoms with van der Waals surface area (Å²) in [4.78, 5) is 31.5. The second-order valence-corrected chi connectivity index (χ2v) is 6.65. The van der Waals surface area contributed by atoms with Crippen molar-refractivity contribution in [2.75, 3.05) is 10.6 Å². The summed E-state index contributed by atoms with van der Waals surface area (Å²) in [7, 11) is 0. The summed E-state index contributed by atoms with van der Waals surface area (Å²) in [6.45, 7) is 2.00. The van der Waals surface area contributed by atoms with E-state index in [0.717, 1.165) is 12.1 Å². The van der Waals surface area contributed by atoms with Gasteiger partial charge in [0.05, 0.1) is 16.1 Å². The van der Waals surface area contributed by atoms with Gasteiger partial charge in [0.1, 0.15) is 6.79 Å². The minimum Gasteiger partial charge on any atom is -0.478 e. The Balaban J connectivity index is 0.00000176. The summed E-state index contributed by atoms with van der Waals surface area (Å²) in [5.41, 5.74) is 0.111. The maximum Gasteiger partial charge on any atom is 0.417 e. The Morgan fingerprint density at radius 1 is 0.844 bits per heavy atom. The second kappa shape index (κ2) is 10.5. The number of hydrogen-bond donors (Lipinski definition) is 3. The average Bonchev–Trinajstić information content (AvgIpc) is 2.76. The van der Waals surface area contributed by atoms with E-state index in [2.05, 4.69) is 10.6 Å². The van der Waals surface area contributed by atoms with Gasteiger partial charge in [0.25, 0.3) is 5.91 Å². The summed E-state index contributed by atoms with van der Waals surface area (Å²) in [5.74, 6) is -1.63. The van der Waals surface area contributed by atoms with Gasteiger partial charge in [-0.1, -0.05) is 23.7 Å². The monoisotopic (exact) mass is 464 g/mol. The molecule has 0 heterocycles. The molecule has 0 spiro atoms. The number of carboxylic acid groups (broad SMARTS) is 1. The van der Waals surface area contributed by atoms with E-state index in [-0.39, 0.29) is 16.8 Å². The van der Waals surface area contributed by atoms with E-state index in [9.17, 15) is 22.8 Å². The fraction of sp³-hybridized carbons (Fsp3) is 0.0455. The number of carbonyl (C=O) groups excluding carboxylic acids is 2. The van der Waals surface area contributed by atoms with Crippen molar-refractivity contribution in [1.82, 2.24) is 0 Å². The summed E-state index contributed by atoms with van der Waals surface area (Å²) in [6.07, 6.45) is -4.60. The first-order valence-electron chi connectivity index (χ1n) is 8.81. The first-order chi connectivity index (χ1) is 15.1. The zero-order valence-corrected chi connectivity index (χ0v) is 17.0. The number of rotatable bonds is 5. The van der Waals surface area contributed by atoms with Crippen molar-refractivity contribution in [1.29, 1.82) is 0 Å². The standard InChI is InChI=1S/C21H14ClF3N2O3.CH2O/c22-18-8-7-16(11-17(18)21(23,24)25)26-14-5-1-3-12(9-14)19(28)27-15-6-2-4-13(10-15)20(29)30;1-2/h1-11,26H,(H,27,28)(H,29,30);1H2. The van der Waals surface area contributed by atoms with Gasteiger partial charge < -0.3 is 20.5 Å². The molecule has 0 aliphatic heterocycles. The number of amides is 1. The van der Waals surface area contributed by atoms with Gasteiger partial charge in [-0.25, -0.2) is 4.79 Å². The Bertz CT molecular complexity index is 1140. The van der Waals surface area contributed by atoms with Gasteiger partial charge in [0.15, 0.2) is 0 Å². The lowest BCUT2D eigenvalue weighted by atomic mass is 10.1. The SMILES string of the molecule is C=O.O=C(O)c1cccc(NC(=O)c2cccc(Nc3ccc(Cl)c(C(F)(F)F)c3)c2)c1. The normalized spacial score (nSPS) is 10.5. The lowest BCUT2D eigenvalue weighted by molar-refractivity contribution is -0.137. The molecule has 10 heteroatoms. The van der Waals surface area contributed by atoms with E-state index < -0.39 is 28.6 Å². The molecule has 0 aromatic heterocycles. The molecule has 3 aromatic rings. The molecule has 3 N–H and O–H groups in total. The highest BCUT2D eigenvalue weighted by Crippen LogP contribution is 2.36.